The van der Waals surface area contributed by atoms with Gasteiger partial charge >= 0.3 is 0 Å². The van der Waals surface area contributed by atoms with Gasteiger partial charge in [-0.05, 0) is 23.6 Å². The molecule has 0 unspecified atom stereocenters. The van der Waals surface area contributed by atoms with E-state index >= 15 is 0 Å². The van der Waals surface area contributed by atoms with Crippen LogP contribution >= 0.6 is 11.3 Å². The monoisotopic (exact) mass is 316 g/mol. The highest BCUT2D eigenvalue weighted by molar-refractivity contribution is 7.12. The minimum absolute atomic E-state index is 0.000398. The van der Waals surface area contributed by atoms with Gasteiger partial charge in [0.25, 0.3) is 5.91 Å². The lowest BCUT2D eigenvalue weighted by atomic mass is 9.98. The lowest BCUT2D eigenvalue weighted by molar-refractivity contribution is -0.123. The van der Waals surface area contributed by atoms with Crippen molar-refractivity contribution < 1.29 is 14.3 Å². The molecule has 1 fully saturated rings. The molecule has 0 atom stereocenters. The fourth-order valence-corrected chi connectivity index (χ4v) is 3.00. The van der Waals surface area contributed by atoms with Crippen LogP contribution in [0.15, 0.2) is 41.8 Å². The number of rotatable bonds is 4. The smallest absolute Gasteiger partial charge is 0.263 e. The highest BCUT2D eigenvalue weighted by Crippen LogP contribution is 2.23. The van der Waals surface area contributed by atoms with Crippen molar-refractivity contribution in [3.63, 3.8) is 0 Å². The molecular formula is C16H16N2O3S. The largest absolute Gasteiger partial charge is 0.497 e. The van der Waals surface area contributed by atoms with E-state index in [1.807, 2.05) is 29.6 Å². The van der Waals surface area contributed by atoms with Crippen LogP contribution < -0.4 is 10.1 Å². The molecule has 1 aromatic carbocycles. The number of amides is 2. The van der Waals surface area contributed by atoms with Gasteiger partial charge in [0, 0.05) is 24.8 Å². The predicted octanol–water partition coefficient (Wildman–Crippen LogP) is 2.47. The number of hydrogen-bond acceptors (Lipinski definition) is 4. The molecule has 0 radical (unpaired) electrons. The zero-order valence-corrected chi connectivity index (χ0v) is 12.9. The Hall–Kier alpha value is -2.34. The Bertz CT molecular complexity index is 678. The number of anilines is 1. The van der Waals surface area contributed by atoms with E-state index in [9.17, 15) is 9.59 Å². The van der Waals surface area contributed by atoms with Crippen molar-refractivity contribution in [1.82, 2.24) is 4.90 Å². The number of hydrogen-bond donors (Lipinski definition) is 1. The maximum atomic E-state index is 12.2. The summed E-state index contributed by atoms with van der Waals surface area (Å²) in [4.78, 5) is 26.7. The van der Waals surface area contributed by atoms with Crippen molar-refractivity contribution in [2.45, 2.75) is 0 Å². The number of thiophene rings is 1. The van der Waals surface area contributed by atoms with Crippen LogP contribution in [0.5, 0.6) is 5.75 Å². The van der Waals surface area contributed by atoms with E-state index in [2.05, 4.69) is 5.32 Å². The van der Waals surface area contributed by atoms with Crippen molar-refractivity contribution in [3.8, 4) is 5.75 Å². The fourth-order valence-electron chi connectivity index (χ4n) is 2.31. The molecule has 2 amide bonds. The molecule has 1 N–H and O–H groups in total. The summed E-state index contributed by atoms with van der Waals surface area (Å²) >= 11 is 1.42. The summed E-state index contributed by atoms with van der Waals surface area (Å²) in [6.45, 7) is 0.930. The third-order valence-corrected chi connectivity index (χ3v) is 4.47. The van der Waals surface area contributed by atoms with Gasteiger partial charge in [0.15, 0.2) is 0 Å². The molecule has 1 saturated heterocycles. The molecule has 1 aliphatic rings. The lowest BCUT2D eigenvalue weighted by Gasteiger charge is -2.37. The van der Waals surface area contributed by atoms with Gasteiger partial charge in [0.2, 0.25) is 5.91 Å². The Morgan fingerprint density at radius 1 is 1.27 bits per heavy atom. The van der Waals surface area contributed by atoms with Crippen LogP contribution in [0.1, 0.15) is 9.67 Å². The second kappa shape index (κ2) is 6.19. The first-order valence-corrected chi connectivity index (χ1v) is 7.83. The summed E-state index contributed by atoms with van der Waals surface area (Å²) in [6, 6.07) is 10.9. The molecule has 2 heterocycles. The van der Waals surface area contributed by atoms with E-state index < -0.39 is 0 Å². The second-order valence-electron chi connectivity index (χ2n) is 5.11. The van der Waals surface area contributed by atoms with Gasteiger partial charge in [0.05, 0.1) is 17.9 Å². The topological polar surface area (TPSA) is 58.6 Å². The van der Waals surface area contributed by atoms with Gasteiger partial charge in [-0.15, -0.1) is 11.3 Å². The summed E-state index contributed by atoms with van der Waals surface area (Å²) in [5.41, 5.74) is 0.701. The molecule has 0 bridgehead atoms. The molecule has 3 rings (SSSR count). The Kier molecular flexibility index (Phi) is 4.11. The minimum atomic E-state index is -0.157. The van der Waals surface area contributed by atoms with E-state index in [0.29, 0.717) is 29.4 Å². The average molecular weight is 316 g/mol. The van der Waals surface area contributed by atoms with Gasteiger partial charge < -0.3 is 15.0 Å². The molecule has 1 aliphatic heterocycles. The van der Waals surface area contributed by atoms with Crippen LogP contribution in [0.4, 0.5) is 5.69 Å². The van der Waals surface area contributed by atoms with Crippen LogP contribution in [0, 0.1) is 5.92 Å². The molecule has 6 heteroatoms. The van der Waals surface area contributed by atoms with Crippen molar-refractivity contribution in [1.29, 1.82) is 0 Å². The van der Waals surface area contributed by atoms with E-state index in [1.165, 1.54) is 11.3 Å². The number of likely N-dealkylation sites (tertiary alicyclic amines) is 1. The Morgan fingerprint density at radius 2 is 2.09 bits per heavy atom. The first-order valence-electron chi connectivity index (χ1n) is 6.95. The molecule has 22 heavy (non-hydrogen) atoms. The van der Waals surface area contributed by atoms with Crippen LogP contribution in [0.2, 0.25) is 0 Å². The normalized spacial score (nSPS) is 14.3. The van der Waals surface area contributed by atoms with E-state index in [4.69, 9.17) is 4.74 Å². The molecule has 0 spiro atoms. The van der Waals surface area contributed by atoms with E-state index in [0.717, 1.165) is 0 Å². The number of benzene rings is 1. The van der Waals surface area contributed by atoms with Gasteiger partial charge in [-0.25, -0.2) is 0 Å². The summed E-state index contributed by atoms with van der Waals surface area (Å²) in [6.07, 6.45) is 0. The zero-order chi connectivity index (χ0) is 15.5. The SMILES string of the molecule is COc1cccc(NC(=O)C2CN(C(=O)c3cccs3)C2)c1. The van der Waals surface area contributed by atoms with Crippen molar-refractivity contribution in [3.05, 3.63) is 46.7 Å². The van der Waals surface area contributed by atoms with Crippen molar-refractivity contribution in [2.24, 2.45) is 5.92 Å². The fraction of sp³-hybridized carbons (Fsp3) is 0.250. The summed E-state index contributed by atoms with van der Waals surface area (Å²) in [5, 5.41) is 4.73. The Balaban J connectivity index is 1.54. The van der Waals surface area contributed by atoms with E-state index in [-0.39, 0.29) is 17.7 Å². The quantitative estimate of drug-likeness (QED) is 0.942. The molecule has 2 aromatic rings. The van der Waals surface area contributed by atoms with Crippen molar-refractivity contribution >= 4 is 28.8 Å². The molecule has 0 aliphatic carbocycles. The maximum absolute atomic E-state index is 12.2. The zero-order valence-electron chi connectivity index (χ0n) is 12.1. The third kappa shape index (κ3) is 2.96. The molecule has 0 saturated carbocycles. The van der Waals surface area contributed by atoms with Gasteiger partial charge in [-0.1, -0.05) is 12.1 Å². The van der Waals surface area contributed by atoms with Crippen LogP contribution in [0.25, 0.3) is 0 Å². The van der Waals surface area contributed by atoms with E-state index in [1.54, 1.807) is 24.1 Å². The number of carbonyl (C=O) groups excluding carboxylic acids is 2. The van der Waals surface area contributed by atoms with Crippen LogP contribution in [-0.2, 0) is 4.79 Å². The summed E-state index contributed by atoms with van der Waals surface area (Å²) in [5.74, 6) is 0.472. The maximum Gasteiger partial charge on any atom is 0.263 e. The number of ether oxygens (including phenoxy) is 1. The highest BCUT2D eigenvalue weighted by atomic mass is 32.1. The van der Waals surface area contributed by atoms with Crippen LogP contribution in [0.3, 0.4) is 0 Å². The van der Waals surface area contributed by atoms with Crippen LogP contribution in [-0.4, -0.2) is 36.9 Å². The molecular weight excluding hydrogens is 300 g/mol. The number of carbonyl (C=O) groups is 2. The third-order valence-electron chi connectivity index (χ3n) is 3.61. The highest BCUT2D eigenvalue weighted by Gasteiger charge is 2.36. The molecule has 114 valence electrons. The van der Waals surface area contributed by atoms with Crippen molar-refractivity contribution in [2.75, 3.05) is 25.5 Å². The Labute approximate surface area is 132 Å². The summed E-state index contributed by atoms with van der Waals surface area (Å²) in [7, 11) is 1.58. The lowest BCUT2D eigenvalue weighted by Crippen LogP contribution is -2.54. The minimum Gasteiger partial charge on any atom is -0.497 e. The predicted molar refractivity (Wildman–Crippen MR) is 85.3 cm³/mol. The Morgan fingerprint density at radius 3 is 2.77 bits per heavy atom. The molecule has 5 nitrogen and oxygen atoms in total. The van der Waals surface area contributed by atoms with Gasteiger partial charge in [-0.2, -0.15) is 0 Å². The molecule has 1 aromatic heterocycles. The first-order chi connectivity index (χ1) is 10.7. The number of methoxy groups -OCH3 is 1. The standard InChI is InChI=1S/C16H16N2O3S/c1-21-13-5-2-4-12(8-13)17-15(19)11-9-18(10-11)16(20)14-6-3-7-22-14/h2-8,11H,9-10H2,1H3,(H,17,19). The van der Waals surface area contributed by atoms with Gasteiger partial charge in [-0.3, -0.25) is 9.59 Å². The second-order valence-corrected chi connectivity index (χ2v) is 6.05. The average Bonchev–Trinajstić information content (AvgIpc) is 3.00. The summed E-state index contributed by atoms with van der Waals surface area (Å²) < 4.78 is 5.12. The number of nitrogens with zero attached hydrogens (tertiary/aromatic N) is 1. The first kappa shape index (κ1) is 14.6. The van der Waals surface area contributed by atoms with Gasteiger partial charge in [0.1, 0.15) is 5.75 Å². The number of nitrogens with one attached hydrogen (secondary N) is 1.